The van der Waals surface area contributed by atoms with Crippen LogP contribution >= 0.6 is 11.6 Å². The summed E-state index contributed by atoms with van der Waals surface area (Å²) in [6, 6.07) is -0.153. The Labute approximate surface area is 81.3 Å². The molecule has 0 aliphatic heterocycles. The third kappa shape index (κ3) is 2.99. The van der Waals surface area contributed by atoms with Crippen molar-refractivity contribution in [3.63, 3.8) is 0 Å². The molecule has 1 amide bonds. The van der Waals surface area contributed by atoms with Gasteiger partial charge in [-0.2, -0.15) is 0 Å². The molecular weight excluding hydrogens is 190 g/mol. The second kappa shape index (κ2) is 4.77. The average Bonchev–Trinajstić information content (AvgIpc) is 2.19. The summed E-state index contributed by atoms with van der Waals surface area (Å²) in [5.41, 5.74) is 0.723. The quantitative estimate of drug-likeness (QED) is 0.736. The lowest BCUT2D eigenvalue weighted by atomic mass is 10.2. The standard InChI is InChI=1S/C8H10ClN3O/c1-6(12-8(13)4-9)7-5-10-2-3-11-7/h2-3,5-6H,4H2,1H3,(H,12,13)/t6-/m0/s1. The van der Waals surface area contributed by atoms with Crippen molar-refractivity contribution in [1.29, 1.82) is 0 Å². The summed E-state index contributed by atoms with van der Waals surface area (Å²) < 4.78 is 0. The highest BCUT2D eigenvalue weighted by Crippen LogP contribution is 2.05. The van der Waals surface area contributed by atoms with Crippen molar-refractivity contribution in [1.82, 2.24) is 15.3 Å². The number of nitrogens with one attached hydrogen (secondary N) is 1. The minimum atomic E-state index is -0.209. The molecule has 13 heavy (non-hydrogen) atoms. The number of rotatable bonds is 3. The number of amides is 1. The summed E-state index contributed by atoms with van der Waals surface area (Å²) in [6.45, 7) is 1.83. The number of alkyl halides is 1. The maximum absolute atomic E-state index is 10.9. The molecule has 1 N–H and O–H groups in total. The van der Waals surface area contributed by atoms with Gasteiger partial charge in [-0.3, -0.25) is 14.8 Å². The molecule has 1 aromatic heterocycles. The Morgan fingerprint density at radius 3 is 3.00 bits per heavy atom. The molecule has 1 heterocycles. The lowest BCUT2D eigenvalue weighted by Gasteiger charge is -2.10. The van der Waals surface area contributed by atoms with Crippen molar-refractivity contribution in [3.05, 3.63) is 24.3 Å². The van der Waals surface area contributed by atoms with Crippen LogP contribution in [-0.2, 0) is 4.79 Å². The van der Waals surface area contributed by atoms with Gasteiger partial charge in [0.2, 0.25) is 5.91 Å². The second-order valence-corrected chi connectivity index (χ2v) is 2.82. The molecule has 1 rings (SSSR count). The van der Waals surface area contributed by atoms with Gasteiger partial charge in [0.05, 0.1) is 17.9 Å². The number of nitrogens with zero attached hydrogens (tertiary/aromatic N) is 2. The van der Waals surface area contributed by atoms with E-state index in [9.17, 15) is 4.79 Å². The molecule has 4 nitrogen and oxygen atoms in total. The monoisotopic (exact) mass is 199 g/mol. The predicted molar refractivity (Wildman–Crippen MR) is 49.3 cm³/mol. The molecule has 0 saturated carbocycles. The lowest BCUT2D eigenvalue weighted by molar-refractivity contribution is -0.119. The maximum atomic E-state index is 10.9. The fourth-order valence-corrected chi connectivity index (χ4v) is 0.965. The molecule has 0 aliphatic carbocycles. The van der Waals surface area contributed by atoms with Gasteiger partial charge in [-0.15, -0.1) is 11.6 Å². The highest BCUT2D eigenvalue weighted by atomic mass is 35.5. The van der Waals surface area contributed by atoms with Crippen LogP contribution in [0.2, 0.25) is 0 Å². The first kappa shape index (κ1) is 9.92. The molecule has 0 saturated heterocycles. The van der Waals surface area contributed by atoms with Crippen LogP contribution in [-0.4, -0.2) is 21.8 Å². The van der Waals surface area contributed by atoms with Gasteiger partial charge in [0.1, 0.15) is 5.88 Å². The third-order valence-corrected chi connectivity index (χ3v) is 1.77. The largest absolute Gasteiger partial charge is 0.347 e. The van der Waals surface area contributed by atoms with Crippen LogP contribution < -0.4 is 5.32 Å². The van der Waals surface area contributed by atoms with Crippen molar-refractivity contribution in [2.75, 3.05) is 5.88 Å². The first-order valence-electron chi connectivity index (χ1n) is 3.85. The van der Waals surface area contributed by atoms with Crippen LogP contribution in [0.1, 0.15) is 18.7 Å². The first-order chi connectivity index (χ1) is 6.24. The first-order valence-corrected chi connectivity index (χ1v) is 4.38. The van der Waals surface area contributed by atoms with Crippen LogP contribution in [0.15, 0.2) is 18.6 Å². The molecule has 0 aromatic carbocycles. The Balaban J connectivity index is 2.59. The molecule has 5 heteroatoms. The van der Waals surface area contributed by atoms with Gasteiger partial charge in [0.25, 0.3) is 0 Å². The van der Waals surface area contributed by atoms with E-state index in [1.807, 2.05) is 6.92 Å². The van der Waals surface area contributed by atoms with E-state index in [0.717, 1.165) is 5.69 Å². The summed E-state index contributed by atoms with van der Waals surface area (Å²) in [6.07, 6.45) is 4.78. The van der Waals surface area contributed by atoms with Crippen LogP contribution in [0.4, 0.5) is 0 Å². The van der Waals surface area contributed by atoms with Gasteiger partial charge >= 0.3 is 0 Å². The van der Waals surface area contributed by atoms with Crippen molar-refractivity contribution >= 4 is 17.5 Å². The van der Waals surface area contributed by atoms with Gasteiger partial charge in [-0.05, 0) is 6.92 Å². The summed E-state index contributed by atoms with van der Waals surface area (Å²) in [5, 5.41) is 2.67. The van der Waals surface area contributed by atoms with Crippen molar-refractivity contribution < 1.29 is 4.79 Å². The average molecular weight is 200 g/mol. The summed E-state index contributed by atoms with van der Waals surface area (Å²) in [4.78, 5) is 18.8. The van der Waals surface area contributed by atoms with Crippen molar-refractivity contribution in [3.8, 4) is 0 Å². The molecule has 0 bridgehead atoms. The zero-order valence-corrected chi connectivity index (χ0v) is 7.95. The third-order valence-electron chi connectivity index (χ3n) is 1.53. The van der Waals surface area contributed by atoms with Crippen molar-refractivity contribution in [2.45, 2.75) is 13.0 Å². The Morgan fingerprint density at radius 1 is 1.69 bits per heavy atom. The minimum Gasteiger partial charge on any atom is -0.347 e. The normalized spacial score (nSPS) is 12.2. The van der Waals surface area contributed by atoms with Crippen molar-refractivity contribution in [2.24, 2.45) is 0 Å². The smallest absolute Gasteiger partial charge is 0.235 e. The molecule has 1 atom stereocenters. The van der Waals surface area contributed by atoms with E-state index in [2.05, 4.69) is 15.3 Å². The Hall–Kier alpha value is -1.16. The van der Waals surface area contributed by atoms with Gasteiger partial charge in [0, 0.05) is 12.4 Å². The number of hydrogen-bond donors (Lipinski definition) is 1. The van der Waals surface area contributed by atoms with E-state index in [0.29, 0.717) is 0 Å². The summed E-state index contributed by atoms with van der Waals surface area (Å²) in [7, 11) is 0. The Kier molecular flexibility index (Phi) is 3.64. The molecule has 70 valence electrons. The van der Waals surface area contributed by atoms with Gasteiger partial charge in [-0.25, -0.2) is 0 Å². The van der Waals surface area contributed by atoms with E-state index >= 15 is 0 Å². The summed E-state index contributed by atoms with van der Waals surface area (Å²) in [5.74, 6) is -0.246. The second-order valence-electron chi connectivity index (χ2n) is 2.55. The fraction of sp³-hybridized carbons (Fsp3) is 0.375. The van der Waals surface area contributed by atoms with E-state index < -0.39 is 0 Å². The number of carbonyl (C=O) groups is 1. The van der Waals surface area contributed by atoms with Gasteiger partial charge in [-0.1, -0.05) is 0 Å². The number of carbonyl (C=O) groups excluding carboxylic acids is 1. The van der Waals surface area contributed by atoms with E-state index in [-0.39, 0.29) is 17.8 Å². The summed E-state index contributed by atoms with van der Waals surface area (Å²) >= 11 is 5.34. The number of hydrogen-bond acceptors (Lipinski definition) is 3. The van der Waals surface area contributed by atoms with E-state index in [1.165, 1.54) is 0 Å². The molecule has 0 aliphatic rings. The van der Waals surface area contributed by atoms with E-state index in [4.69, 9.17) is 11.6 Å². The fourth-order valence-electron chi connectivity index (χ4n) is 0.888. The molecule has 0 radical (unpaired) electrons. The predicted octanol–water partition coefficient (Wildman–Crippen LogP) is 0.893. The maximum Gasteiger partial charge on any atom is 0.235 e. The molecular formula is C8H10ClN3O. The van der Waals surface area contributed by atoms with Crippen LogP contribution in [0.5, 0.6) is 0 Å². The van der Waals surface area contributed by atoms with Gasteiger partial charge in [0.15, 0.2) is 0 Å². The Bertz CT molecular complexity index is 278. The van der Waals surface area contributed by atoms with Gasteiger partial charge < -0.3 is 5.32 Å². The minimum absolute atomic E-state index is 0.0371. The molecule has 0 fully saturated rings. The Morgan fingerprint density at radius 2 is 2.46 bits per heavy atom. The van der Waals surface area contributed by atoms with Crippen LogP contribution in [0.25, 0.3) is 0 Å². The highest BCUT2D eigenvalue weighted by molar-refractivity contribution is 6.27. The number of aromatic nitrogens is 2. The SMILES string of the molecule is C[C@H](NC(=O)CCl)c1cnccn1. The number of halogens is 1. The molecule has 0 unspecified atom stereocenters. The van der Waals surface area contributed by atoms with E-state index in [1.54, 1.807) is 18.6 Å². The topological polar surface area (TPSA) is 54.9 Å². The zero-order valence-electron chi connectivity index (χ0n) is 7.20. The zero-order chi connectivity index (χ0) is 9.68. The highest BCUT2D eigenvalue weighted by Gasteiger charge is 2.08. The lowest BCUT2D eigenvalue weighted by Crippen LogP contribution is -2.28. The van der Waals surface area contributed by atoms with Crippen LogP contribution in [0.3, 0.4) is 0 Å². The molecule has 0 spiro atoms. The van der Waals surface area contributed by atoms with Crippen LogP contribution in [0, 0.1) is 0 Å². The molecule has 1 aromatic rings.